The number of morpholine rings is 1. The maximum atomic E-state index is 12.5. The van der Waals surface area contributed by atoms with Gasteiger partial charge >= 0.3 is 0 Å². The average Bonchev–Trinajstić information content (AvgIpc) is 2.53. The van der Waals surface area contributed by atoms with E-state index in [-0.39, 0.29) is 12.5 Å². The highest BCUT2D eigenvalue weighted by molar-refractivity contribution is 6.33. The zero-order valence-electron chi connectivity index (χ0n) is 11.8. The minimum Gasteiger partial charge on any atom is -0.370 e. The van der Waals surface area contributed by atoms with Gasteiger partial charge in [-0.2, -0.15) is 5.26 Å². The summed E-state index contributed by atoms with van der Waals surface area (Å²) < 4.78 is 5.24. The van der Waals surface area contributed by atoms with Crippen molar-refractivity contribution in [3.05, 3.63) is 22.8 Å². The molecule has 0 radical (unpaired) electrons. The van der Waals surface area contributed by atoms with Crippen molar-refractivity contribution in [3.63, 3.8) is 0 Å². The van der Waals surface area contributed by atoms with Crippen LogP contribution >= 0.6 is 11.6 Å². The molecule has 0 bridgehead atoms. The van der Waals surface area contributed by atoms with Crippen LogP contribution < -0.4 is 5.32 Å². The van der Waals surface area contributed by atoms with Gasteiger partial charge in [0.05, 0.1) is 29.8 Å². The number of hydrogen-bond acceptors (Lipinski definition) is 5. The Morgan fingerprint density at radius 3 is 3.24 bits per heavy atom. The van der Waals surface area contributed by atoms with Gasteiger partial charge in [-0.1, -0.05) is 18.5 Å². The first kappa shape index (κ1) is 15.5. The molecule has 1 N–H and O–H groups in total. The number of nitrogens with one attached hydrogen (secondary N) is 1. The predicted molar refractivity (Wildman–Crippen MR) is 79.3 cm³/mol. The maximum absolute atomic E-state index is 12.5. The maximum Gasteiger partial charge on any atom is 0.255 e. The SMILES string of the molecule is CCCNc1cc(C(=O)N2CCOC(C#N)C2)c(Cl)cn1. The Hall–Kier alpha value is -1.84. The highest BCUT2D eigenvalue weighted by atomic mass is 35.5. The van der Waals surface area contributed by atoms with E-state index in [1.807, 2.05) is 13.0 Å². The van der Waals surface area contributed by atoms with Crippen LogP contribution in [0.15, 0.2) is 12.3 Å². The molecular formula is C14H17ClN4O2. The van der Waals surface area contributed by atoms with Gasteiger partial charge in [0.25, 0.3) is 5.91 Å². The van der Waals surface area contributed by atoms with Crippen LogP contribution in [0.2, 0.25) is 5.02 Å². The molecule has 0 spiro atoms. The molecule has 1 aliphatic rings. The normalized spacial score (nSPS) is 18.1. The molecule has 0 aliphatic carbocycles. The van der Waals surface area contributed by atoms with E-state index in [0.717, 1.165) is 13.0 Å². The van der Waals surface area contributed by atoms with Gasteiger partial charge in [-0.15, -0.1) is 0 Å². The van der Waals surface area contributed by atoms with E-state index < -0.39 is 6.10 Å². The van der Waals surface area contributed by atoms with Gasteiger partial charge < -0.3 is 15.0 Å². The second-order valence-electron chi connectivity index (χ2n) is 4.72. The summed E-state index contributed by atoms with van der Waals surface area (Å²) in [5.41, 5.74) is 0.392. The zero-order valence-corrected chi connectivity index (χ0v) is 12.6. The van der Waals surface area contributed by atoms with Crippen molar-refractivity contribution >= 4 is 23.3 Å². The van der Waals surface area contributed by atoms with Gasteiger partial charge in [0.15, 0.2) is 6.10 Å². The summed E-state index contributed by atoms with van der Waals surface area (Å²) in [4.78, 5) is 18.3. The largest absolute Gasteiger partial charge is 0.370 e. The summed E-state index contributed by atoms with van der Waals surface area (Å²) in [5.74, 6) is 0.417. The lowest BCUT2D eigenvalue weighted by Crippen LogP contribution is -2.45. The summed E-state index contributed by atoms with van der Waals surface area (Å²) >= 11 is 6.08. The molecule has 1 aliphatic heterocycles. The third kappa shape index (κ3) is 3.84. The third-order valence-corrected chi connectivity index (χ3v) is 3.44. The minimum absolute atomic E-state index is 0.203. The Morgan fingerprint density at radius 2 is 2.52 bits per heavy atom. The molecule has 1 amide bonds. The third-order valence-electron chi connectivity index (χ3n) is 3.14. The number of nitriles is 1. The van der Waals surface area contributed by atoms with Crippen LogP contribution in [0, 0.1) is 11.3 Å². The van der Waals surface area contributed by atoms with Crippen molar-refractivity contribution in [2.45, 2.75) is 19.4 Å². The summed E-state index contributed by atoms with van der Waals surface area (Å²) in [7, 11) is 0. The van der Waals surface area contributed by atoms with Crippen molar-refractivity contribution in [2.75, 3.05) is 31.6 Å². The molecule has 1 aromatic rings. The van der Waals surface area contributed by atoms with E-state index in [4.69, 9.17) is 21.6 Å². The molecule has 112 valence electrons. The Morgan fingerprint density at radius 1 is 1.71 bits per heavy atom. The van der Waals surface area contributed by atoms with Crippen molar-refractivity contribution < 1.29 is 9.53 Å². The van der Waals surface area contributed by atoms with Crippen LogP contribution in [0.5, 0.6) is 0 Å². The lowest BCUT2D eigenvalue weighted by atomic mass is 10.2. The molecule has 0 aromatic carbocycles. The first-order valence-corrected chi connectivity index (χ1v) is 7.23. The fraction of sp³-hybridized carbons (Fsp3) is 0.500. The molecule has 1 aromatic heterocycles. The quantitative estimate of drug-likeness (QED) is 0.919. The number of aromatic nitrogens is 1. The van der Waals surface area contributed by atoms with Gasteiger partial charge in [0.1, 0.15) is 5.82 Å². The summed E-state index contributed by atoms with van der Waals surface area (Å²) in [6, 6.07) is 3.67. The molecule has 1 fully saturated rings. The van der Waals surface area contributed by atoms with Crippen LogP contribution in [0.1, 0.15) is 23.7 Å². The van der Waals surface area contributed by atoms with E-state index in [9.17, 15) is 4.79 Å². The standard InChI is InChI=1S/C14H17ClN4O2/c1-2-3-17-13-6-11(12(15)8-18-13)14(20)19-4-5-21-10(7-16)9-19/h6,8,10H,2-5,9H2,1H3,(H,17,18). The van der Waals surface area contributed by atoms with Crippen LogP contribution in [0.4, 0.5) is 5.82 Å². The number of rotatable bonds is 4. The first-order valence-electron chi connectivity index (χ1n) is 6.85. The topological polar surface area (TPSA) is 78.3 Å². The van der Waals surface area contributed by atoms with Crippen molar-refractivity contribution in [2.24, 2.45) is 0 Å². The number of amides is 1. The minimum atomic E-state index is -0.582. The fourth-order valence-corrected chi connectivity index (χ4v) is 2.22. The van der Waals surface area contributed by atoms with Crippen molar-refractivity contribution in [1.82, 2.24) is 9.88 Å². The van der Waals surface area contributed by atoms with E-state index in [1.54, 1.807) is 11.0 Å². The Bertz CT molecular complexity index is 558. The number of ether oxygens (including phenoxy) is 1. The van der Waals surface area contributed by atoms with Crippen molar-refractivity contribution in [3.8, 4) is 6.07 Å². The van der Waals surface area contributed by atoms with E-state index >= 15 is 0 Å². The molecular weight excluding hydrogens is 292 g/mol. The number of halogens is 1. The first-order chi connectivity index (χ1) is 10.2. The Balaban J connectivity index is 2.16. The van der Waals surface area contributed by atoms with Crippen molar-refractivity contribution in [1.29, 1.82) is 5.26 Å². The van der Waals surface area contributed by atoms with Crippen LogP contribution in [-0.2, 0) is 4.74 Å². The monoisotopic (exact) mass is 308 g/mol. The molecule has 1 unspecified atom stereocenters. The van der Waals surface area contributed by atoms with Gasteiger partial charge in [-0.25, -0.2) is 4.98 Å². The van der Waals surface area contributed by atoms with Gasteiger partial charge in [-0.05, 0) is 12.5 Å². The van der Waals surface area contributed by atoms with E-state index in [1.165, 1.54) is 6.20 Å². The lowest BCUT2D eigenvalue weighted by Gasteiger charge is -2.30. The number of carbonyl (C=O) groups excluding carboxylic acids is 1. The average molecular weight is 309 g/mol. The smallest absolute Gasteiger partial charge is 0.255 e. The van der Waals surface area contributed by atoms with Gasteiger partial charge in [0.2, 0.25) is 0 Å². The van der Waals surface area contributed by atoms with E-state index in [0.29, 0.717) is 29.6 Å². The Kier molecular flexibility index (Phi) is 5.37. The Labute approximate surface area is 128 Å². The molecule has 1 saturated heterocycles. The summed E-state index contributed by atoms with van der Waals surface area (Å²) in [5, 5.41) is 12.3. The fourth-order valence-electron chi connectivity index (χ4n) is 2.03. The molecule has 1 atom stereocenters. The van der Waals surface area contributed by atoms with Crippen LogP contribution in [0.3, 0.4) is 0 Å². The molecule has 21 heavy (non-hydrogen) atoms. The van der Waals surface area contributed by atoms with Crippen LogP contribution in [0.25, 0.3) is 0 Å². The predicted octanol–water partition coefficient (Wildman–Crippen LogP) is 1.92. The van der Waals surface area contributed by atoms with E-state index in [2.05, 4.69) is 10.3 Å². The second kappa shape index (κ2) is 7.25. The number of anilines is 1. The van der Waals surface area contributed by atoms with Gasteiger partial charge in [0, 0.05) is 19.3 Å². The highest BCUT2D eigenvalue weighted by Gasteiger charge is 2.26. The number of pyridine rings is 1. The summed E-state index contributed by atoms with van der Waals surface area (Å²) in [6.45, 7) is 3.88. The highest BCUT2D eigenvalue weighted by Crippen LogP contribution is 2.21. The number of nitrogens with zero attached hydrogens (tertiary/aromatic N) is 3. The van der Waals surface area contributed by atoms with Crippen LogP contribution in [-0.4, -0.2) is 48.1 Å². The lowest BCUT2D eigenvalue weighted by molar-refractivity contribution is 0.00347. The number of hydrogen-bond donors (Lipinski definition) is 1. The van der Waals surface area contributed by atoms with Gasteiger partial charge in [-0.3, -0.25) is 4.79 Å². The molecule has 2 heterocycles. The molecule has 7 heteroatoms. The summed E-state index contributed by atoms with van der Waals surface area (Å²) in [6.07, 6.45) is 1.84. The number of carbonyl (C=O) groups is 1. The molecule has 2 rings (SSSR count). The molecule has 6 nitrogen and oxygen atoms in total. The second-order valence-corrected chi connectivity index (χ2v) is 5.12. The molecule has 0 saturated carbocycles. The zero-order chi connectivity index (χ0) is 15.2.